The Balaban J connectivity index is 1.63. The molecule has 2 fully saturated rings. The van der Waals surface area contributed by atoms with Gasteiger partial charge in [-0.3, -0.25) is 4.79 Å². The van der Waals surface area contributed by atoms with Crippen molar-refractivity contribution in [2.24, 2.45) is 11.8 Å². The van der Waals surface area contributed by atoms with E-state index in [1.165, 1.54) is 0 Å². The number of ether oxygens (including phenoxy) is 2. The average molecular weight is 185 g/mol. The maximum Gasteiger partial charge on any atom is 0.227 e. The van der Waals surface area contributed by atoms with Gasteiger partial charge in [0.2, 0.25) is 5.91 Å². The fourth-order valence-electron chi connectivity index (χ4n) is 1.52. The zero-order chi connectivity index (χ0) is 9.10. The molecule has 4 heteroatoms. The van der Waals surface area contributed by atoms with E-state index < -0.39 is 0 Å². The lowest BCUT2D eigenvalue weighted by molar-refractivity contribution is -0.139. The van der Waals surface area contributed by atoms with E-state index in [1.807, 2.05) is 0 Å². The van der Waals surface area contributed by atoms with Gasteiger partial charge in [0.15, 0.2) is 0 Å². The Bertz CT molecular complexity index is 185. The predicted molar refractivity (Wildman–Crippen MR) is 46.2 cm³/mol. The first-order chi connectivity index (χ1) is 6.36. The average Bonchev–Trinajstić information content (AvgIpc) is 2.49. The Kier molecular flexibility index (Phi) is 2.80. The molecule has 0 spiro atoms. The van der Waals surface area contributed by atoms with Crippen LogP contribution in [0.2, 0.25) is 0 Å². The van der Waals surface area contributed by atoms with Crippen LogP contribution in [0.25, 0.3) is 0 Å². The summed E-state index contributed by atoms with van der Waals surface area (Å²) in [5.41, 5.74) is 0. The van der Waals surface area contributed by atoms with Crippen molar-refractivity contribution in [1.29, 1.82) is 0 Å². The quantitative estimate of drug-likeness (QED) is 0.661. The van der Waals surface area contributed by atoms with Crippen molar-refractivity contribution in [3.8, 4) is 0 Å². The summed E-state index contributed by atoms with van der Waals surface area (Å²) >= 11 is 0. The van der Waals surface area contributed by atoms with Crippen molar-refractivity contribution in [3.63, 3.8) is 0 Å². The Morgan fingerprint density at radius 3 is 2.69 bits per heavy atom. The number of hydrogen-bond acceptors (Lipinski definition) is 3. The van der Waals surface area contributed by atoms with E-state index in [1.54, 1.807) is 0 Å². The molecule has 0 aromatic carbocycles. The standard InChI is InChI=1S/C9H15NO3/c11-9(8-5-13-6-8)10-3-7-1-2-12-4-7/h7-8H,1-6H2,(H,10,11). The molecule has 13 heavy (non-hydrogen) atoms. The molecule has 2 aliphatic rings. The summed E-state index contributed by atoms with van der Waals surface area (Å²) in [5, 5.41) is 2.93. The van der Waals surface area contributed by atoms with E-state index >= 15 is 0 Å². The van der Waals surface area contributed by atoms with E-state index in [-0.39, 0.29) is 11.8 Å². The van der Waals surface area contributed by atoms with Crippen molar-refractivity contribution < 1.29 is 14.3 Å². The van der Waals surface area contributed by atoms with Crippen molar-refractivity contribution in [3.05, 3.63) is 0 Å². The van der Waals surface area contributed by atoms with Crippen LogP contribution in [0.15, 0.2) is 0 Å². The fraction of sp³-hybridized carbons (Fsp3) is 0.889. The van der Waals surface area contributed by atoms with E-state index in [9.17, 15) is 4.79 Å². The number of carbonyl (C=O) groups excluding carboxylic acids is 1. The maximum atomic E-state index is 11.4. The van der Waals surface area contributed by atoms with E-state index in [2.05, 4.69) is 5.32 Å². The van der Waals surface area contributed by atoms with Crippen LogP contribution in [0.1, 0.15) is 6.42 Å². The lowest BCUT2D eigenvalue weighted by atomic mass is 10.1. The van der Waals surface area contributed by atoms with Gasteiger partial charge in [0.05, 0.1) is 25.7 Å². The molecule has 0 bridgehead atoms. The predicted octanol–water partition coefficient (Wildman–Crippen LogP) is -0.215. The highest BCUT2D eigenvalue weighted by molar-refractivity contribution is 5.79. The van der Waals surface area contributed by atoms with E-state index in [0.717, 1.165) is 26.2 Å². The monoisotopic (exact) mass is 185 g/mol. The first-order valence-corrected chi connectivity index (χ1v) is 4.79. The van der Waals surface area contributed by atoms with Crippen LogP contribution < -0.4 is 5.32 Å². The second-order valence-corrected chi connectivity index (χ2v) is 3.71. The van der Waals surface area contributed by atoms with Gasteiger partial charge in [0.25, 0.3) is 0 Å². The van der Waals surface area contributed by atoms with Gasteiger partial charge in [-0.1, -0.05) is 0 Å². The lowest BCUT2D eigenvalue weighted by Crippen LogP contribution is -2.43. The summed E-state index contributed by atoms with van der Waals surface area (Å²) in [6, 6.07) is 0. The summed E-state index contributed by atoms with van der Waals surface area (Å²) in [6.45, 7) is 3.57. The number of nitrogens with one attached hydrogen (secondary N) is 1. The van der Waals surface area contributed by atoms with Gasteiger partial charge in [-0.05, 0) is 6.42 Å². The molecule has 1 amide bonds. The van der Waals surface area contributed by atoms with Gasteiger partial charge in [-0.25, -0.2) is 0 Å². The Morgan fingerprint density at radius 2 is 2.15 bits per heavy atom. The zero-order valence-corrected chi connectivity index (χ0v) is 7.62. The number of carbonyl (C=O) groups is 1. The van der Waals surface area contributed by atoms with E-state index in [0.29, 0.717) is 19.1 Å². The second-order valence-electron chi connectivity index (χ2n) is 3.71. The summed E-state index contributed by atoms with van der Waals surface area (Å²) in [7, 11) is 0. The molecule has 2 saturated heterocycles. The molecule has 0 radical (unpaired) electrons. The number of amides is 1. The molecule has 74 valence electrons. The minimum atomic E-state index is 0.0994. The molecule has 2 heterocycles. The van der Waals surface area contributed by atoms with Gasteiger partial charge >= 0.3 is 0 Å². The van der Waals surface area contributed by atoms with Crippen LogP contribution in [0, 0.1) is 11.8 Å². The van der Waals surface area contributed by atoms with Gasteiger partial charge in [0, 0.05) is 19.1 Å². The summed E-state index contributed by atoms with van der Waals surface area (Å²) in [6.07, 6.45) is 1.07. The van der Waals surface area contributed by atoms with E-state index in [4.69, 9.17) is 9.47 Å². The molecule has 0 aromatic rings. The Morgan fingerprint density at radius 1 is 1.31 bits per heavy atom. The summed E-state index contributed by atoms with van der Waals surface area (Å²) in [5.74, 6) is 0.755. The van der Waals surface area contributed by atoms with Gasteiger partial charge in [-0.15, -0.1) is 0 Å². The first kappa shape index (κ1) is 8.97. The lowest BCUT2D eigenvalue weighted by Gasteiger charge is -2.25. The smallest absolute Gasteiger partial charge is 0.227 e. The molecule has 1 N–H and O–H groups in total. The van der Waals surface area contributed by atoms with Crippen molar-refractivity contribution >= 4 is 5.91 Å². The minimum absolute atomic E-state index is 0.0994. The Hall–Kier alpha value is -0.610. The van der Waals surface area contributed by atoms with Crippen molar-refractivity contribution in [1.82, 2.24) is 5.32 Å². The highest BCUT2D eigenvalue weighted by atomic mass is 16.5. The van der Waals surface area contributed by atoms with Crippen molar-refractivity contribution in [2.75, 3.05) is 33.0 Å². The van der Waals surface area contributed by atoms with Crippen LogP contribution in [-0.4, -0.2) is 38.9 Å². The van der Waals surface area contributed by atoms with Crippen LogP contribution >= 0.6 is 0 Å². The van der Waals surface area contributed by atoms with Gasteiger partial charge in [0.1, 0.15) is 0 Å². The SMILES string of the molecule is O=C(NCC1CCOC1)C1COC1. The van der Waals surface area contributed by atoms with Crippen LogP contribution in [0.4, 0.5) is 0 Å². The molecular formula is C9H15NO3. The third-order valence-electron chi connectivity index (χ3n) is 2.60. The minimum Gasteiger partial charge on any atom is -0.381 e. The summed E-state index contributed by atoms with van der Waals surface area (Å²) in [4.78, 5) is 11.4. The molecule has 1 unspecified atom stereocenters. The largest absolute Gasteiger partial charge is 0.381 e. The summed E-state index contributed by atoms with van der Waals surface area (Å²) < 4.78 is 10.2. The van der Waals surface area contributed by atoms with Crippen molar-refractivity contribution in [2.45, 2.75) is 6.42 Å². The fourth-order valence-corrected chi connectivity index (χ4v) is 1.52. The van der Waals surface area contributed by atoms with Crippen LogP contribution in [0.3, 0.4) is 0 Å². The number of hydrogen-bond donors (Lipinski definition) is 1. The molecule has 0 aliphatic carbocycles. The third-order valence-corrected chi connectivity index (χ3v) is 2.60. The Labute approximate surface area is 77.6 Å². The second kappa shape index (κ2) is 4.07. The maximum absolute atomic E-state index is 11.4. The van der Waals surface area contributed by atoms with Crippen LogP contribution in [0.5, 0.6) is 0 Å². The topological polar surface area (TPSA) is 47.6 Å². The highest BCUT2D eigenvalue weighted by Gasteiger charge is 2.27. The first-order valence-electron chi connectivity index (χ1n) is 4.79. The molecule has 1 atom stereocenters. The van der Waals surface area contributed by atoms with Gasteiger partial charge < -0.3 is 14.8 Å². The molecule has 0 saturated carbocycles. The third kappa shape index (κ3) is 2.19. The molecule has 2 aliphatic heterocycles. The zero-order valence-electron chi connectivity index (χ0n) is 7.62. The van der Waals surface area contributed by atoms with Crippen LogP contribution in [-0.2, 0) is 14.3 Å². The molecule has 0 aromatic heterocycles. The normalized spacial score (nSPS) is 28.5. The highest BCUT2D eigenvalue weighted by Crippen LogP contribution is 2.12. The van der Waals surface area contributed by atoms with Gasteiger partial charge in [-0.2, -0.15) is 0 Å². The molecule has 2 rings (SSSR count). The number of rotatable bonds is 3. The molecule has 4 nitrogen and oxygen atoms in total. The molecular weight excluding hydrogens is 170 g/mol.